The van der Waals surface area contributed by atoms with Crippen LogP contribution in [0.2, 0.25) is 0 Å². The molecule has 0 amide bonds. The van der Waals surface area contributed by atoms with Crippen LogP contribution in [0.1, 0.15) is 6.42 Å². The van der Waals surface area contributed by atoms with Gasteiger partial charge < -0.3 is 10.6 Å². The zero-order valence-corrected chi connectivity index (χ0v) is 7.82. The summed E-state index contributed by atoms with van der Waals surface area (Å²) in [6.45, 7) is 3.11. The summed E-state index contributed by atoms with van der Waals surface area (Å²) in [5, 5.41) is 0. The summed E-state index contributed by atoms with van der Waals surface area (Å²) in [4.78, 5) is 2.41. The summed E-state index contributed by atoms with van der Waals surface area (Å²) in [5.41, 5.74) is 6.98. The molecule has 1 heterocycles. The summed E-state index contributed by atoms with van der Waals surface area (Å²) in [6.07, 6.45) is 1.24. The molecule has 1 atom stereocenters. The molecule has 0 radical (unpaired) electrons. The normalized spacial score (nSPS) is 22.2. The van der Waals surface area contributed by atoms with Crippen molar-refractivity contribution in [3.05, 3.63) is 30.3 Å². The minimum Gasteiger partial charge on any atom is -0.371 e. The largest absolute Gasteiger partial charge is 0.371 e. The molecule has 1 fully saturated rings. The van der Waals surface area contributed by atoms with Gasteiger partial charge in [0.2, 0.25) is 0 Å². The number of nitrogens with two attached hydrogens (primary N) is 1. The highest BCUT2D eigenvalue weighted by Crippen LogP contribution is 2.22. The fourth-order valence-corrected chi connectivity index (χ4v) is 1.90. The predicted octanol–water partition coefficient (Wildman–Crippen LogP) is 1.47. The Bertz CT molecular complexity index is 258. The molecule has 2 heteroatoms. The van der Waals surface area contributed by atoms with E-state index in [1.807, 2.05) is 0 Å². The quantitative estimate of drug-likeness (QED) is 0.739. The van der Waals surface area contributed by atoms with E-state index in [-0.39, 0.29) is 0 Å². The van der Waals surface area contributed by atoms with Gasteiger partial charge in [0.25, 0.3) is 0 Å². The van der Waals surface area contributed by atoms with Gasteiger partial charge >= 0.3 is 0 Å². The fraction of sp³-hybridized carbons (Fsp3) is 0.455. The van der Waals surface area contributed by atoms with Crippen LogP contribution in [0.25, 0.3) is 0 Å². The third kappa shape index (κ3) is 1.83. The molecular weight excluding hydrogens is 160 g/mol. The minimum absolute atomic E-state index is 0.695. The number of hydrogen-bond acceptors (Lipinski definition) is 2. The van der Waals surface area contributed by atoms with E-state index in [0.29, 0.717) is 5.92 Å². The Morgan fingerprint density at radius 2 is 2.08 bits per heavy atom. The van der Waals surface area contributed by atoms with Crippen LogP contribution in [0.15, 0.2) is 30.3 Å². The van der Waals surface area contributed by atoms with Crippen LogP contribution < -0.4 is 10.6 Å². The maximum absolute atomic E-state index is 5.65. The molecule has 0 aliphatic carbocycles. The van der Waals surface area contributed by atoms with E-state index in [1.54, 1.807) is 0 Å². The lowest BCUT2D eigenvalue weighted by molar-refractivity contribution is 0.602. The number of benzene rings is 1. The summed E-state index contributed by atoms with van der Waals surface area (Å²) in [5.74, 6) is 0.695. The van der Waals surface area contributed by atoms with Gasteiger partial charge in [-0.2, -0.15) is 0 Å². The molecule has 1 aromatic carbocycles. The van der Waals surface area contributed by atoms with Gasteiger partial charge in [0.05, 0.1) is 0 Å². The highest BCUT2D eigenvalue weighted by molar-refractivity contribution is 5.46. The van der Waals surface area contributed by atoms with Crippen molar-refractivity contribution in [2.24, 2.45) is 11.7 Å². The van der Waals surface area contributed by atoms with Crippen LogP contribution in [0.3, 0.4) is 0 Å². The molecule has 0 bridgehead atoms. The molecule has 1 aromatic rings. The molecule has 2 N–H and O–H groups in total. The molecule has 2 rings (SSSR count). The molecule has 70 valence electrons. The molecule has 0 aromatic heterocycles. The van der Waals surface area contributed by atoms with Crippen molar-refractivity contribution in [3.63, 3.8) is 0 Å². The number of para-hydroxylation sites is 1. The van der Waals surface area contributed by atoms with Crippen molar-refractivity contribution < 1.29 is 0 Å². The molecular formula is C11H16N2. The Kier molecular flexibility index (Phi) is 2.50. The second kappa shape index (κ2) is 3.79. The van der Waals surface area contributed by atoms with Gasteiger partial charge in [0.1, 0.15) is 0 Å². The van der Waals surface area contributed by atoms with Gasteiger partial charge in [-0.25, -0.2) is 0 Å². The lowest BCUT2D eigenvalue weighted by atomic mass is 10.1. The second-order valence-electron chi connectivity index (χ2n) is 3.67. The van der Waals surface area contributed by atoms with E-state index in [1.165, 1.54) is 12.1 Å². The van der Waals surface area contributed by atoms with E-state index in [4.69, 9.17) is 5.73 Å². The average molecular weight is 176 g/mol. The molecule has 0 saturated carbocycles. The molecule has 1 aliphatic heterocycles. The van der Waals surface area contributed by atoms with Gasteiger partial charge in [-0.3, -0.25) is 0 Å². The Hall–Kier alpha value is -1.02. The second-order valence-corrected chi connectivity index (χ2v) is 3.67. The number of rotatable bonds is 2. The predicted molar refractivity (Wildman–Crippen MR) is 55.8 cm³/mol. The molecule has 2 nitrogen and oxygen atoms in total. The molecule has 13 heavy (non-hydrogen) atoms. The van der Waals surface area contributed by atoms with Gasteiger partial charge in [-0.1, -0.05) is 18.2 Å². The van der Waals surface area contributed by atoms with Crippen molar-refractivity contribution in [2.45, 2.75) is 6.42 Å². The maximum Gasteiger partial charge on any atom is 0.0366 e. The SMILES string of the molecule is NC[C@H]1CCN(c2ccccc2)C1. The van der Waals surface area contributed by atoms with Gasteiger partial charge in [0, 0.05) is 18.8 Å². The maximum atomic E-state index is 5.65. The Labute approximate surface area is 79.4 Å². The van der Waals surface area contributed by atoms with Crippen molar-refractivity contribution in [1.29, 1.82) is 0 Å². The van der Waals surface area contributed by atoms with Gasteiger partial charge in [-0.05, 0) is 31.0 Å². The summed E-state index contributed by atoms with van der Waals surface area (Å²) < 4.78 is 0. The average Bonchev–Trinajstić information content (AvgIpc) is 2.67. The smallest absolute Gasteiger partial charge is 0.0366 e. The van der Waals surface area contributed by atoms with Crippen LogP contribution >= 0.6 is 0 Å². The van der Waals surface area contributed by atoms with Gasteiger partial charge in [0.15, 0.2) is 0 Å². The van der Waals surface area contributed by atoms with Crippen LogP contribution in [-0.2, 0) is 0 Å². The van der Waals surface area contributed by atoms with Crippen LogP contribution in [0, 0.1) is 5.92 Å². The van der Waals surface area contributed by atoms with Crippen LogP contribution in [0.4, 0.5) is 5.69 Å². The van der Waals surface area contributed by atoms with E-state index < -0.39 is 0 Å². The van der Waals surface area contributed by atoms with Crippen molar-refractivity contribution >= 4 is 5.69 Å². The standard InChI is InChI=1S/C11H16N2/c12-8-10-6-7-13(9-10)11-4-2-1-3-5-11/h1-5,10H,6-9,12H2/t10-/m1/s1. The van der Waals surface area contributed by atoms with Crippen molar-refractivity contribution in [3.8, 4) is 0 Å². The van der Waals surface area contributed by atoms with E-state index in [2.05, 4.69) is 35.2 Å². The van der Waals surface area contributed by atoms with E-state index in [0.717, 1.165) is 19.6 Å². The zero-order chi connectivity index (χ0) is 9.10. The first-order valence-electron chi connectivity index (χ1n) is 4.90. The fourth-order valence-electron chi connectivity index (χ4n) is 1.90. The number of nitrogens with zero attached hydrogens (tertiary/aromatic N) is 1. The monoisotopic (exact) mass is 176 g/mol. The van der Waals surface area contributed by atoms with Crippen LogP contribution in [-0.4, -0.2) is 19.6 Å². The van der Waals surface area contributed by atoms with Crippen LogP contribution in [0.5, 0.6) is 0 Å². The van der Waals surface area contributed by atoms with Gasteiger partial charge in [-0.15, -0.1) is 0 Å². The number of anilines is 1. The minimum atomic E-state index is 0.695. The topological polar surface area (TPSA) is 29.3 Å². The lowest BCUT2D eigenvalue weighted by Crippen LogP contribution is -2.22. The third-order valence-corrected chi connectivity index (χ3v) is 2.74. The lowest BCUT2D eigenvalue weighted by Gasteiger charge is -2.17. The summed E-state index contributed by atoms with van der Waals surface area (Å²) >= 11 is 0. The first-order valence-corrected chi connectivity index (χ1v) is 4.90. The van der Waals surface area contributed by atoms with E-state index in [9.17, 15) is 0 Å². The zero-order valence-electron chi connectivity index (χ0n) is 7.82. The van der Waals surface area contributed by atoms with Crippen molar-refractivity contribution in [1.82, 2.24) is 0 Å². The Morgan fingerprint density at radius 3 is 2.69 bits per heavy atom. The summed E-state index contributed by atoms with van der Waals surface area (Å²) in [7, 11) is 0. The van der Waals surface area contributed by atoms with E-state index >= 15 is 0 Å². The highest BCUT2D eigenvalue weighted by Gasteiger charge is 2.20. The molecule has 0 unspecified atom stereocenters. The first kappa shape index (κ1) is 8.57. The highest BCUT2D eigenvalue weighted by atomic mass is 15.2. The molecule has 1 saturated heterocycles. The molecule has 1 aliphatic rings. The number of hydrogen-bond donors (Lipinski definition) is 1. The summed E-state index contributed by atoms with van der Waals surface area (Å²) in [6, 6.07) is 10.6. The Balaban J connectivity index is 2.04. The molecule has 0 spiro atoms. The van der Waals surface area contributed by atoms with Crippen molar-refractivity contribution in [2.75, 3.05) is 24.5 Å². The third-order valence-electron chi connectivity index (χ3n) is 2.74. The Morgan fingerprint density at radius 1 is 1.31 bits per heavy atom. The first-order chi connectivity index (χ1) is 6.40.